The Hall–Kier alpha value is -4.14. The van der Waals surface area contributed by atoms with Crippen LogP contribution in [0, 0.1) is 0 Å². The largest absolute Gasteiger partial charge is 0.862 e. The minimum Gasteiger partial charge on any atom is -0.862 e. The zero-order valence-electron chi connectivity index (χ0n) is 32.3. The van der Waals surface area contributed by atoms with Gasteiger partial charge in [0.1, 0.15) is 0 Å². The molecule has 2 N–H and O–H groups in total. The molecule has 0 fully saturated rings. The molecule has 0 amide bonds. The molecule has 4 atom stereocenters. The van der Waals surface area contributed by atoms with E-state index in [0.717, 1.165) is 90.5 Å². The van der Waals surface area contributed by atoms with Crippen LogP contribution in [0.4, 0.5) is 11.4 Å². The molecule has 0 aliphatic heterocycles. The Morgan fingerprint density at radius 2 is 0.750 bits per heavy atom. The molecule has 60 heavy (non-hydrogen) atoms. The summed E-state index contributed by atoms with van der Waals surface area (Å²) in [5.41, 5.74) is -2.88. The molecule has 4 unspecified atom stereocenters. The molecule has 0 heterocycles. The molecule has 2 aromatic rings. The maximum Gasteiger partial charge on any atom is 0.529 e. The number of carbonyl (C=O) groups excluding carboxylic acids is 4. The fraction of sp³-hybridized carbons (Fsp3) is 0.438. The number of unbranched alkanes of at least 4 members (excludes halogenated alkanes) is 7. The van der Waals surface area contributed by atoms with E-state index < -0.39 is 89.2 Å². The third kappa shape index (κ3) is 19.1. The van der Waals surface area contributed by atoms with Crippen molar-refractivity contribution in [3.63, 3.8) is 0 Å². The van der Waals surface area contributed by atoms with Gasteiger partial charge in [-0.25, -0.2) is 28.3 Å². The maximum absolute atomic E-state index is 12.6. The van der Waals surface area contributed by atoms with Gasteiger partial charge in [0.15, 0.2) is 0 Å². The van der Waals surface area contributed by atoms with Gasteiger partial charge in [0.25, 0.3) is 0 Å². The van der Waals surface area contributed by atoms with E-state index in [4.69, 9.17) is 0 Å². The molecule has 0 aromatic heterocycles. The van der Waals surface area contributed by atoms with E-state index in [-0.39, 0.29) is 24.2 Å². The number of rotatable bonds is 25. The highest BCUT2D eigenvalue weighted by Crippen LogP contribution is 2.45. The van der Waals surface area contributed by atoms with Gasteiger partial charge in [-0.15, -0.1) is 0 Å². The van der Waals surface area contributed by atoms with Gasteiger partial charge in [0.2, 0.25) is 0 Å². The number of aliphatic imine (C=N–C) groups is 2. The van der Waals surface area contributed by atoms with E-state index in [1.807, 2.05) is 0 Å². The van der Waals surface area contributed by atoms with Crippen LogP contribution >= 0.6 is 31.3 Å². The highest BCUT2D eigenvalue weighted by molar-refractivity contribution is 7.48. The van der Waals surface area contributed by atoms with Crippen molar-refractivity contribution in [3.8, 4) is 0 Å². The predicted octanol–water partition coefficient (Wildman–Crippen LogP) is 3.42. The zero-order chi connectivity index (χ0) is 45.3. The van der Waals surface area contributed by atoms with Crippen LogP contribution in [0.25, 0.3) is 0 Å². The predicted molar refractivity (Wildman–Crippen MR) is 198 cm³/mol. The lowest BCUT2D eigenvalue weighted by Gasteiger charge is -2.21. The van der Waals surface area contributed by atoms with E-state index in [1.165, 1.54) is 0 Å². The van der Waals surface area contributed by atoms with Crippen molar-refractivity contribution in [1.82, 2.24) is 0 Å². The Kier molecular flexibility index (Phi) is 20.6. The summed E-state index contributed by atoms with van der Waals surface area (Å²) >= 11 is 0. The van der Waals surface area contributed by atoms with Crippen LogP contribution in [-0.4, -0.2) is 73.9 Å². The molecule has 334 valence electrons. The van der Waals surface area contributed by atoms with Crippen LogP contribution in [0.15, 0.2) is 46.4 Å². The lowest BCUT2D eigenvalue weighted by molar-refractivity contribution is -0.219. The van der Waals surface area contributed by atoms with E-state index in [0.29, 0.717) is 25.7 Å². The summed E-state index contributed by atoms with van der Waals surface area (Å²) in [7, 11) is -16.8. The van der Waals surface area contributed by atoms with Gasteiger partial charge < -0.3 is 47.1 Å². The Morgan fingerprint density at radius 3 is 1.02 bits per heavy atom. The Bertz CT molecular complexity index is 1860. The SMILES string of the molecule is COP(=O)([O-])OC(=O)c1cc(N=C([O-])CCCCCCCCCCC([O-])=Nc2cc(C(=O)OP(=O)(O)OC)cc(C(=O)OP(=O)(O)OC)c2)cc(C(=O)OP(=O)([O-])OC)c1. The first-order valence-electron chi connectivity index (χ1n) is 17.2. The molecule has 0 bridgehead atoms. The molecule has 0 spiro atoms. The van der Waals surface area contributed by atoms with Crippen molar-refractivity contribution in [2.75, 3.05) is 28.4 Å². The van der Waals surface area contributed by atoms with E-state index in [9.17, 15) is 67.2 Å². The summed E-state index contributed by atoms with van der Waals surface area (Å²) in [6.07, 6.45) is 4.91. The second kappa shape index (κ2) is 23.7. The highest BCUT2D eigenvalue weighted by atomic mass is 31.2. The highest BCUT2D eigenvalue weighted by Gasteiger charge is 2.29. The Balaban J connectivity index is 1.93. The monoisotopic (exact) mass is 928 g/mol. The van der Waals surface area contributed by atoms with Crippen LogP contribution in [0.1, 0.15) is 106 Å². The van der Waals surface area contributed by atoms with Gasteiger partial charge >= 0.3 is 55.2 Å². The average Bonchev–Trinajstić information content (AvgIpc) is 3.17. The Labute approximate surface area is 342 Å². The van der Waals surface area contributed by atoms with Gasteiger partial charge in [0.05, 0.1) is 33.6 Å². The van der Waals surface area contributed by atoms with Gasteiger partial charge in [-0.1, -0.05) is 38.5 Å². The maximum atomic E-state index is 12.6. The van der Waals surface area contributed by atoms with E-state index in [2.05, 4.69) is 46.2 Å². The molecule has 2 rings (SSSR count). The summed E-state index contributed by atoms with van der Waals surface area (Å²) in [6.45, 7) is 0. The smallest absolute Gasteiger partial charge is 0.529 e. The molecular formula is C32H40N2O22P4-4. The lowest BCUT2D eigenvalue weighted by atomic mass is 10.1. The fourth-order valence-electron chi connectivity index (χ4n) is 4.61. The van der Waals surface area contributed by atoms with Crippen molar-refractivity contribution < 1.29 is 103 Å². The minimum absolute atomic E-state index is 0.0446. The lowest BCUT2D eigenvalue weighted by Crippen LogP contribution is -2.17. The van der Waals surface area contributed by atoms with Crippen molar-refractivity contribution in [2.24, 2.45) is 9.98 Å². The first kappa shape index (κ1) is 52.0. The third-order valence-electron chi connectivity index (χ3n) is 7.51. The van der Waals surface area contributed by atoms with Gasteiger partial charge in [0, 0.05) is 28.4 Å². The van der Waals surface area contributed by atoms with Crippen LogP contribution in [0.2, 0.25) is 0 Å². The van der Waals surface area contributed by atoms with Crippen LogP contribution in [0.3, 0.4) is 0 Å². The summed E-state index contributed by atoms with van der Waals surface area (Å²) in [6, 6.07) is 5.35. The van der Waals surface area contributed by atoms with E-state index >= 15 is 0 Å². The number of benzene rings is 2. The van der Waals surface area contributed by atoms with Crippen molar-refractivity contribution in [1.29, 1.82) is 0 Å². The normalized spacial score (nSPS) is 16.0. The van der Waals surface area contributed by atoms with E-state index in [1.54, 1.807) is 0 Å². The third-order valence-corrected chi connectivity index (χ3v) is 10.9. The first-order chi connectivity index (χ1) is 27.9. The van der Waals surface area contributed by atoms with Gasteiger partial charge in [-0.05, 0) is 73.9 Å². The second-order valence-corrected chi connectivity index (χ2v) is 17.8. The quantitative estimate of drug-likeness (QED) is 0.0623. The standard InChI is InChI=1S/C32H44N2O22P4/c1-49-57(41,42)53-29(37)21-15-22(30(38)54-58(43,44)50-2)18-25(17-21)33-27(35)13-11-9-7-5-6-8-10-12-14-28(36)34-26-19-23(31(39)55-59(45,46)51-3)16-24(20-26)32(40)56-60(47,48)52-4/h15-20H,5-14H2,1-4H3,(H,33,35)(H,34,36)(H,41,42)(H,43,44)(H,45,46)(H,47,48)/p-4. The summed E-state index contributed by atoms with van der Waals surface area (Å²) in [4.78, 5) is 99.4. The molecule has 0 saturated carbocycles. The molecule has 0 aliphatic carbocycles. The van der Waals surface area contributed by atoms with Gasteiger partial charge in [-0.2, -0.15) is 0 Å². The minimum atomic E-state index is -5.08. The number of carbonyl (C=O) groups is 4. The van der Waals surface area contributed by atoms with Crippen molar-refractivity contribution in [2.45, 2.75) is 64.2 Å². The Morgan fingerprint density at radius 1 is 0.483 bits per heavy atom. The van der Waals surface area contributed by atoms with Crippen LogP contribution in [-0.2, 0) is 54.5 Å². The summed E-state index contributed by atoms with van der Waals surface area (Å²) < 4.78 is 80.3. The molecule has 28 heteroatoms. The molecule has 24 nitrogen and oxygen atoms in total. The van der Waals surface area contributed by atoms with Crippen molar-refractivity contribution >= 4 is 78.3 Å². The molecule has 0 radical (unpaired) electrons. The topological polar surface area (TPSA) is 368 Å². The number of phosphoric acid groups is 4. The fourth-order valence-corrected chi connectivity index (χ4v) is 6.15. The summed E-state index contributed by atoms with van der Waals surface area (Å²) in [5, 5.41) is 25.1. The average molecular weight is 929 g/mol. The number of nitrogens with zero attached hydrogens (tertiary/aromatic N) is 2. The van der Waals surface area contributed by atoms with Crippen LogP contribution < -0.4 is 20.0 Å². The molecule has 0 aliphatic rings. The second-order valence-electron chi connectivity index (χ2n) is 12.0. The summed E-state index contributed by atoms with van der Waals surface area (Å²) in [5.74, 6) is -7.29. The molecule has 0 saturated heterocycles. The number of hydrogen-bond donors (Lipinski definition) is 2. The number of hydrogen-bond acceptors (Lipinski definition) is 22. The molecular weight excluding hydrogens is 888 g/mol. The van der Waals surface area contributed by atoms with Crippen LogP contribution in [0.5, 0.6) is 0 Å². The number of phosphoric ester groups is 4. The zero-order valence-corrected chi connectivity index (χ0v) is 35.9. The molecule has 2 aromatic carbocycles. The van der Waals surface area contributed by atoms with Crippen molar-refractivity contribution in [3.05, 3.63) is 58.7 Å². The van der Waals surface area contributed by atoms with Gasteiger partial charge in [-0.3, -0.25) is 37.9 Å². The first-order valence-corrected chi connectivity index (χ1v) is 23.1.